The number of aromatic amines is 1. The Bertz CT molecular complexity index is 1420. The first-order chi connectivity index (χ1) is 16.1. The molecule has 1 N–H and O–H groups in total. The van der Waals surface area contributed by atoms with Crippen LogP contribution in [0, 0.1) is 0 Å². The molecule has 0 aliphatic heterocycles. The van der Waals surface area contributed by atoms with Gasteiger partial charge in [0.05, 0.1) is 12.6 Å². The summed E-state index contributed by atoms with van der Waals surface area (Å²) in [5.74, 6) is 0.684. The quantitative estimate of drug-likeness (QED) is 0.286. The maximum Gasteiger partial charge on any atom is 0.414 e. The molecule has 6 nitrogen and oxygen atoms in total. The molecule has 178 valence electrons. The van der Waals surface area contributed by atoms with E-state index in [4.69, 9.17) is 9.47 Å². The number of fused-ring (bicyclic) bond motifs is 3. The van der Waals surface area contributed by atoms with E-state index in [9.17, 15) is 9.59 Å². The van der Waals surface area contributed by atoms with E-state index in [1.54, 1.807) is 12.0 Å². The number of nitrogens with zero attached hydrogens (tertiary/aromatic N) is 1. The third-order valence-electron chi connectivity index (χ3n) is 5.37. The lowest BCUT2D eigenvalue weighted by atomic mass is 9.97. The molecule has 1 amide bonds. The monoisotopic (exact) mass is 542 g/mol. The molecule has 34 heavy (non-hydrogen) atoms. The number of anilines is 1. The number of rotatable bonds is 5. The van der Waals surface area contributed by atoms with Crippen molar-refractivity contribution < 1.29 is 14.3 Å². The van der Waals surface area contributed by atoms with Crippen molar-refractivity contribution in [2.45, 2.75) is 39.7 Å². The molecule has 0 unspecified atom stereocenters. The second kappa shape index (κ2) is 9.43. The van der Waals surface area contributed by atoms with Crippen molar-refractivity contribution in [3.05, 3.63) is 56.6 Å². The minimum absolute atomic E-state index is 0.114. The van der Waals surface area contributed by atoms with Crippen molar-refractivity contribution in [1.29, 1.82) is 0 Å². The number of amides is 1. The summed E-state index contributed by atoms with van der Waals surface area (Å²) in [6.45, 7) is 8.16. The molecule has 8 heteroatoms. The predicted octanol–water partition coefficient (Wildman–Crippen LogP) is 7.33. The third-order valence-corrected chi connectivity index (χ3v) is 6.91. The van der Waals surface area contributed by atoms with Gasteiger partial charge in [0.2, 0.25) is 0 Å². The summed E-state index contributed by atoms with van der Waals surface area (Å²) in [7, 11) is 1.63. The van der Waals surface area contributed by atoms with Crippen LogP contribution >= 0.6 is 27.3 Å². The van der Waals surface area contributed by atoms with Gasteiger partial charge >= 0.3 is 6.09 Å². The van der Waals surface area contributed by atoms with Gasteiger partial charge in [0, 0.05) is 33.0 Å². The Morgan fingerprint density at radius 1 is 1.18 bits per heavy atom. The van der Waals surface area contributed by atoms with Crippen LogP contribution in [0.5, 0.6) is 5.75 Å². The molecule has 0 bridgehead atoms. The second-order valence-corrected chi connectivity index (χ2v) is 10.8. The van der Waals surface area contributed by atoms with Gasteiger partial charge in [-0.05, 0) is 78.3 Å². The highest BCUT2D eigenvalue weighted by Crippen LogP contribution is 2.43. The number of pyridine rings is 1. The molecule has 0 saturated heterocycles. The number of ether oxygens (including phenoxy) is 2. The van der Waals surface area contributed by atoms with Gasteiger partial charge in [-0.1, -0.05) is 19.1 Å². The van der Waals surface area contributed by atoms with Crippen molar-refractivity contribution in [1.82, 2.24) is 4.98 Å². The molecule has 2 heterocycles. The molecule has 2 aromatic carbocycles. The van der Waals surface area contributed by atoms with Gasteiger partial charge in [-0.25, -0.2) is 4.79 Å². The van der Waals surface area contributed by atoms with Crippen LogP contribution in [-0.4, -0.2) is 30.3 Å². The lowest BCUT2D eigenvalue weighted by Crippen LogP contribution is -2.37. The van der Waals surface area contributed by atoms with Gasteiger partial charge in [-0.2, -0.15) is 0 Å². The first-order valence-electron chi connectivity index (χ1n) is 11.0. The van der Waals surface area contributed by atoms with Crippen LogP contribution in [0.25, 0.3) is 32.1 Å². The van der Waals surface area contributed by atoms with E-state index in [-0.39, 0.29) is 11.7 Å². The maximum absolute atomic E-state index is 12.8. The van der Waals surface area contributed by atoms with Crippen molar-refractivity contribution in [2.24, 2.45) is 0 Å². The molecule has 4 rings (SSSR count). The molecule has 0 spiro atoms. The highest BCUT2D eigenvalue weighted by molar-refractivity contribution is 9.10. The maximum atomic E-state index is 12.8. The van der Waals surface area contributed by atoms with Gasteiger partial charge < -0.3 is 14.5 Å². The van der Waals surface area contributed by atoms with E-state index in [1.165, 1.54) is 11.3 Å². The molecular weight excluding hydrogens is 516 g/mol. The summed E-state index contributed by atoms with van der Waals surface area (Å²) >= 11 is 5.00. The smallest absolute Gasteiger partial charge is 0.414 e. The number of carbonyl (C=O) groups excluding carboxylic acids is 1. The zero-order valence-electron chi connectivity index (χ0n) is 19.8. The molecule has 0 saturated carbocycles. The Hall–Kier alpha value is -2.84. The van der Waals surface area contributed by atoms with Crippen LogP contribution in [0.3, 0.4) is 0 Å². The highest BCUT2D eigenvalue weighted by atomic mass is 79.9. The fourth-order valence-corrected chi connectivity index (χ4v) is 5.29. The summed E-state index contributed by atoms with van der Waals surface area (Å²) < 4.78 is 12.8. The molecule has 4 aromatic rings. The first-order valence-corrected chi connectivity index (χ1v) is 12.7. The fourth-order valence-electron chi connectivity index (χ4n) is 3.99. The number of benzene rings is 2. The Kier molecular flexibility index (Phi) is 6.73. The Balaban J connectivity index is 1.87. The van der Waals surface area contributed by atoms with E-state index in [0.29, 0.717) is 17.0 Å². The van der Waals surface area contributed by atoms with Crippen LogP contribution in [0.15, 0.2) is 51.0 Å². The summed E-state index contributed by atoms with van der Waals surface area (Å²) in [4.78, 5) is 30.1. The number of aromatic nitrogens is 1. The zero-order chi connectivity index (χ0) is 24.6. The SMILES string of the molecule is CCCN(C(=O)OC(C)(C)C)c1ccc(-c2c(OC)cc(Br)c3[nH]c(=O)c4sccc4c23)cc1. The standard InChI is InChI=1S/C26H27BrN2O4S/c1-6-12-29(25(31)33-26(2,3)4)16-9-7-15(8-10-16)20-19(32-5)14-18(27)22-21(20)17-11-13-34-23(17)24(30)28-22/h7-11,13-14H,6,12H2,1-5H3,(H,28,30). The van der Waals surface area contributed by atoms with Gasteiger partial charge in [-0.3, -0.25) is 9.69 Å². The fraction of sp³-hybridized carbons (Fsp3) is 0.308. The molecule has 0 aliphatic rings. The Morgan fingerprint density at radius 3 is 2.50 bits per heavy atom. The Morgan fingerprint density at radius 2 is 1.88 bits per heavy atom. The molecule has 0 radical (unpaired) electrons. The number of halogens is 1. The summed E-state index contributed by atoms with van der Waals surface area (Å²) in [6, 6.07) is 11.6. The largest absolute Gasteiger partial charge is 0.496 e. The topological polar surface area (TPSA) is 71.6 Å². The molecule has 0 fully saturated rings. The number of methoxy groups -OCH3 is 1. The zero-order valence-corrected chi connectivity index (χ0v) is 22.2. The lowest BCUT2D eigenvalue weighted by molar-refractivity contribution is 0.0580. The number of hydrogen-bond acceptors (Lipinski definition) is 5. The summed E-state index contributed by atoms with van der Waals surface area (Å²) in [5, 5.41) is 3.71. The number of hydrogen-bond donors (Lipinski definition) is 1. The highest BCUT2D eigenvalue weighted by Gasteiger charge is 2.24. The van der Waals surface area contributed by atoms with Gasteiger partial charge in [0.1, 0.15) is 16.1 Å². The third kappa shape index (κ3) is 4.57. The van der Waals surface area contributed by atoms with E-state index in [2.05, 4.69) is 20.9 Å². The van der Waals surface area contributed by atoms with Gasteiger partial charge in [-0.15, -0.1) is 11.3 Å². The number of carbonyl (C=O) groups is 1. The van der Waals surface area contributed by atoms with Crippen molar-refractivity contribution in [3.8, 4) is 16.9 Å². The minimum atomic E-state index is -0.574. The minimum Gasteiger partial charge on any atom is -0.496 e. The normalized spacial score (nSPS) is 11.7. The summed E-state index contributed by atoms with van der Waals surface area (Å²) in [5.41, 5.74) is 2.59. The first kappa shape index (κ1) is 24.3. The van der Waals surface area contributed by atoms with Crippen LogP contribution in [0.2, 0.25) is 0 Å². The van der Waals surface area contributed by atoms with Crippen molar-refractivity contribution >= 4 is 60.0 Å². The van der Waals surface area contributed by atoms with Crippen LogP contribution in [0.1, 0.15) is 34.1 Å². The average molecular weight is 543 g/mol. The van der Waals surface area contributed by atoms with E-state index >= 15 is 0 Å². The van der Waals surface area contributed by atoms with E-state index in [0.717, 1.165) is 44.0 Å². The lowest BCUT2D eigenvalue weighted by Gasteiger charge is -2.27. The van der Waals surface area contributed by atoms with E-state index < -0.39 is 5.60 Å². The predicted molar refractivity (Wildman–Crippen MR) is 144 cm³/mol. The number of nitrogens with one attached hydrogen (secondary N) is 1. The van der Waals surface area contributed by atoms with Gasteiger partial charge in [0.25, 0.3) is 5.56 Å². The second-order valence-electron chi connectivity index (χ2n) is 8.98. The number of H-pyrrole nitrogens is 1. The summed E-state index contributed by atoms with van der Waals surface area (Å²) in [6.07, 6.45) is 0.432. The number of thiophene rings is 1. The molecule has 0 atom stereocenters. The van der Waals surface area contributed by atoms with Crippen LogP contribution in [0.4, 0.5) is 10.5 Å². The van der Waals surface area contributed by atoms with E-state index in [1.807, 2.05) is 69.5 Å². The van der Waals surface area contributed by atoms with Crippen LogP contribution < -0.4 is 15.2 Å². The molecule has 2 aromatic heterocycles. The van der Waals surface area contributed by atoms with Gasteiger partial charge in [0.15, 0.2) is 0 Å². The molecule has 0 aliphatic carbocycles. The average Bonchev–Trinajstić information content (AvgIpc) is 3.28. The van der Waals surface area contributed by atoms with Crippen LogP contribution in [-0.2, 0) is 4.74 Å². The van der Waals surface area contributed by atoms with Crippen molar-refractivity contribution in [3.63, 3.8) is 0 Å². The van der Waals surface area contributed by atoms with Crippen molar-refractivity contribution in [2.75, 3.05) is 18.6 Å². The molecular formula is C26H27BrN2O4S. The Labute approximate surface area is 210 Å².